The summed E-state index contributed by atoms with van der Waals surface area (Å²) in [5.74, 6) is 0. The minimum absolute atomic E-state index is 0.0927. The largest absolute Gasteiger partial charge is 0.363 e. The van der Waals surface area contributed by atoms with Crippen LogP contribution < -0.4 is 10.5 Å². The van der Waals surface area contributed by atoms with Crippen LogP contribution in [0.3, 0.4) is 0 Å². The van der Waals surface area contributed by atoms with Gasteiger partial charge in [-0.25, -0.2) is 24.1 Å². The van der Waals surface area contributed by atoms with Gasteiger partial charge in [-0.15, -0.1) is 0 Å². The molecular weight excluding hydrogens is 472 g/mol. The fourth-order valence-electron chi connectivity index (χ4n) is 5.47. The Hall–Kier alpha value is -3.29. The number of aryl methyl sites for hydroxylation is 2. The van der Waals surface area contributed by atoms with Crippen LogP contribution >= 0.6 is 11.3 Å². The smallest absolute Gasteiger partial charge is 0.267 e. The summed E-state index contributed by atoms with van der Waals surface area (Å²) in [6.45, 7) is 10.3. The van der Waals surface area contributed by atoms with Crippen molar-refractivity contribution in [2.75, 3.05) is 18.0 Å². The number of imidazole rings is 1. The van der Waals surface area contributed by atoms with Gasteiger partial charge in [0.25, 0.3) is 5.56 Å². The lowest BCUT2D eigenvalue weighted by Crippen LogP contribution is -2.58. The molecule has 10 heteroatoms. The second-order valence-corrected chi connectivity index (χ2v) is 10.8. The minimum atomic E-state index is -0.0927. The number of piperazine rings is 1. The highest BCUT2D eigenvalue weighted by Crippen LogP contribution is 2.34. The molecule has 1 aliphatic rings. The van der Waals surface area contributed by atoms with Crippen molar-refractivity contribution in [3.63, 3.8) is 0 Å². The summed E-state index contributed by atoms with van der Waals surface area (Å²) < 4.78 is 3.32. The van der Waals surface area contributed by atoms with Gasteiger partial charge in [-0.1, -0.05) is 25.2 Å². The van der Waals surface area contributed by atoms with Gasteiger partial charge < -0.3 is 4.90 Å². The molecule has 0 N–H and O–H groups in total. The third-order valence-corrected chi connectivity index (χ3v) is 8.19. The number of pyridine rings is 1. The van der Waals surface area contributed by atoms with Crippen molar-refractivity contribution in [3.8, 4) is 6.07 Å². The van der Waals surface area contributed by atoms with E-state index in [1.807, 2.05) is 6.92 Å². The topological polar surface area (TPSA) is 95.4 Å². The molecule has 4 aromatic heterocycles. The van der Waals surface area contributed by atoms with Gasteiger partial charge >= 0.3 is 0 Å². The Morgan fingerprint density at radius 3 is 2.75 bits per heavy atom. The normalized spacial score (nSPS) is 19.7. The molecular formula is C26H32N8OS. The first-order chi connectivity index (χ1) is 17.3. The zero-order valence-corrected chi connectivity index (χ0v) is 22.3. The average Bonchev–Trinajstić information content (AvgIpc) is 3.45. The van der Waals surface area contributed by atoms with Crippen LogP contribution in [0.1, 0.15) is 56.1 Å². The van der Waals surface area contributed by atoms with E-state index in [0.717, 1.165) is 58.3 Å². The molecule has 5 heterocycles. The first kappa shape index (κ1) is 24.4. The van der Waals surface area contributed by atoms with Crippen LogP contribution in [-0.2, 0) is 13.5 Å². The Bertz CT molecular complexity index is 1510. The van der Waals surface area contributed by atoms with Crippen LogP contribution in [0.4, 0.5) is 5.69 Å². The number of hydrogen-bond donors (Lipinski definition) is 0. The van der Waals surface area contributed by atoms with Gasteiger partial charge in [-0.3, -0.25) is 9.69 Å². The summed E-state index contributed by atoms with van der Waals surface area (Å²) in [6, 6.07) is 8.76. The zero-order valence-electron chi connectivity index (χ0n) is 21.5. The van der Waals surface area contributed by atoms with Gasteiger partial charge in [0.2, 0.25) is 0 Å². The Morgan fingerprint density at radius 2 is 2.03 bits per heavy atom. The van der Waals surface area contributed by atoms with E-state index in [4.69, 9.17) is 15.2 Å². The molecule has 9 nitrogen and oxygen atoms in total. The van der Waals surface area contributed by atoms with Gasteiger partial charge in [0, 0.05) is 38.3 Å². The van der Waals surface area contributed by atoms with E-state index in [2.05, 4.69) is 53.8 Å². The van der Waals surface area contributed by atoms with Crippen LogP contribution in [0, 0.1) is 18.3 Å². The molecule has 1 saturated heterocycles. The second kappa shape index (κ2) is 9.64. The Kier molecular flexibility index (Phi) is 6.53. The third-order valence-electron chi connectivity index (χ3n) is 7.31. The maximum Gasteiger partial charge on any atom is 0.267 e. The van der Waals surface area contributed by atoms with Gasteiger partial charge in [0.05, 0.1) is 46.8 Å². The maximum absolute atomic E-state index is 12.8. The van der Waals surface area contributed by atoms with Gasteiger partial charge in [0.1, 0.15) is 10.3 Å². The van der Waals surface area contributed by atoms with Crippen molar-refractivity contribution in [2.45, 2.75) is 65.1 Å². The van der Waals surface area contributed by atoms with Crippen LogP contribution in [0.5, 0.6) is 0 Å². The lowest BCUT2D eigenvalue weighted by molar-refractivity contribution is 0.0922. The Labute approximate surface area is 214 Å². The van der Waals surface area contributed by atoms with E-state index in [1.54, 1.807) is 39.8 Å². The molecule has 0 spiro atoms. The molecule has 0 amide bonds. The van der Waals surface area contributed by atoms with Crippen LogP contribution in [0.25, 0.3) is 16.0 Å². The number of hydrogen-bond acceptors (Lipinski definition) is 8. The van der Waals surface area contributed by atoms with Crippen molar-refractivity contribution in [2.24, 2.45) is 7.05 Å². The molecule has 1 unspecified atom stereocenters. The molecule has 3 atom stereocenters. The third kappa shape index (κ3) is 4.16. The van der Waals surface area contributed by atoms with E-state index < -0.39 is 0 Å². The first-order valence-electron chi connectivity index (χ1n) is 12.6. The molecule has 0 radical (unpaired) electrons. The van der Waals surface area contributed by atoms with E-state index in [-0.39, 0.29) is 24.1 Å². The summed E-state index contributed by atoms with van der Waals surface area (Å²) in [6.07, 6.45) is 3.95. The molecule has 1 aliphatic heterocycles. The number of anilines is 1. The molecule has 4 aromatic rings. The Balaban J connectivity index is 1.50. The Morgan fingerprint density at radius 1 is 1.22 bits per heavy atom. The summed E-state index contributed by atoms with van der Waals surface area (Å²) in [5, 5.41) is 10.2. The standard InChI is InChI=1S/C26H32N8OS/c1-6-19-15-32(23-12-24(35)31(5)34-14-18(10-11-27)29-25(23)34)16(3)13-33(19)22(7-2)20-8-9-21-26(30-20)36-17(4)28-21/h8-9,12,14,16,19,22H,6-7,10,13,15H2,1-5H3/t16-,19+,22?/m0/s1. The molecule has 5 rings (SSSR count). The van der Waals surface area contributed by atoms with E-state index >= 15 is 0 Å². The summed E-state index contributed by atoms with van der Waals surface area (Å²) in [5.41, 5.74) is 4.19. The van der Waals surface area contributed by atoms with Crippen LogP contribution in [0.15, 0.2) is 29.2 Å². The molecule has 0 saturated carbocycles. The maximum atomic E-state index is 12.8. The van der Waals surface area contributed by atoms with Crippen molar-refractivity contribution in [1.82, 2.24) is 29.0 Å². The summed E-state index contributed by atoms with van der Waals surface area (Å²) >= 11 is 1.64. The van der Waals surface area contributed by atoms with Crippen molar-refractivity contribution >= 4 is 33.0 Å². The highest BCUT2D eigenvalue weighted by Gasteiger charge is 2.36. The lowest BCUT2D eigenvalue weighted by atomic mass is 9.98. The van der Waals surface area contributed by atoms with Crippen molar-refractivity contribution in [3.05, 3.63) is 51.1 Å². The first-order valence-corrected chi connectivity index (χ1v) is 13.4. The quantitative estimate of drug-likeness (QED) is 0.394. The zero-order chi connectivity index (χ0) is 25.6. The van der Waals surface area contributed by atoms with E-state index in [1.165, 1.54) is 0 Å². The number of nitriles is 1. The SMILES string of the molecule is CCC(c1ccc2nc(C)sc2n1)N1C[C@H](C)N(c2cc(=O)n(C)n3cc(CC#N)nc23)C[C@H]1CC. The molecule has 1 fully saturated rings. The average molecular weight is 505 g/mol. The number of aromatic nitrogens is 5. The summed E-state index contributed by atoms with van der Waals surface area (Å²) in [4.78, 5) is 33.1. The number of nitrogens with zero attached hydrogens (tertiary/aromatic N) is 8. The fraction of sp³-hybridized carbons (Fsp3) is 0.500. The molecule has 0 aliphatic carbocycles. The molecule has 0 aromatic carbocycles. The highest BCUT2D eigenvalue weighted by molar-refractivity contribution is 7.18. The van der Waals surface area contributed by atoms with Gasteiger partial charge in [0.15, 0.2) is 5.65 Å². The van der Waals surface area contributed by atoms with Gasteiger partial charge in [-0.05, 0) is 38.8 Å². The van der Waals surface area contributed by atoms with Crippen LogP contribution in [0.2, 0.25) is 0 Å². The highest BCUT2D eigenvalue weighted by atomic mass is 32.1. The summed E-state index contributed by atoms with van der Waals surface area (Å²) in [7, 11) is 1.73. The number of fused-ring (bicyclic) bond motifs is 2. The van der Waals surface area contributed by atoms with E-state index in [0.29, 0.717) is 11.7 Å². The predicted molar refractivity (Wildman–Crippen MR) is 143 cm³/mol. The molecule has 188 valence electrons. The predicted octanol–water partition coefficient (Wildman–Crippen LogP) is 3.85. The second-order valence-electron chi connectivity index (χ2n) is 9.60. The lowest BCUT2D eigenvalue weighted by Gasteiger charge is -2.49. The van der Waals surface area contributed by atoms with Crippen molar-refractivity contribution in [1.29, 1.82) is 5.26 Å². The monoisotopic (exact) mass is 504 g/mol. The number of thiazole rings is 1. The molecule has 36 heavy (non-hydrogen) atoms. The minimum Gasteiger partial charge on any atom is -0.363 e. The van der Waals surface area contributed by atoms with Crippen LogP contribution in [-0.4, -0.2) is 54.2 Å². The van der Waals surface area contributed by atoms with Gasteiger partial charge in [-0.2, -0.15) is 5.26 Å². The van der Waals surface area contributed by atoms with E-state index in [9.17, 15) is 4.79 Å². The number of rotatable bonds is 6. The fourth-order valence-corrected chi connectivity index (χ4v) is 6.26. The van der Waals surface area contributed by atoms with Crippen molar-refractivity contribution < 1.29 is 0 Å². The molecule has 0 bridgehead atoms.